The Labute approximate surface area is 150 Å². The van der Waals surface area contributed by atoms with Gasteiger partial charge in [0.1, 0.15) is 23.7 Å². The topological polar surface area (TPSA) is 55.1 Å². The molecule has 0 aliphatic carbocycles. The van der Waals surface area contributed by atoms with Gasteiger partial charge in [-0.15, -0.1) is 0 Å². The van der Waals surface area contributed by atoms with Gasteiger partial charge in [0.15, 0.2) is 0 Å². The molecule has 0 amide bonds. The molecule has 0 spiro atoms. The number of anilines is 1. The van der Waals surface area contributed by atoms with Crippen molar-refractivity contribution in [2.75, 3.05) is 5.73 Å². The number of nitrogen functional groups attached to an aromatic ring is 1. The van der Waals surface area contributed by atoms with Crippen molar-refractivity contribution in [2.45, 2.75) is 39.0 Å². The van der Waals surface area contributed by atoms with Crippen LogP contribution in [0.3, 0.4) is 0 Å². The van der Waals surface area contributed by atoms with Gasteiger partial charge >= 0.3 is 5.95 Å². The zero-order valence-corrected chi connectivity index (χ0v) is 15.4. The average molecular weight is 389 g/mol. The predicted molar refractivity (Wildman–Crippen MR) is 101 cm³/mol. The molecule has 3 aromatic rings. The Hall–Kier alpha value is -1.85. The van der Waals surface area contributed by atoms with E-state index in [4.69, 9.17) is 5.73 Å². The van der Waals surface area contributed by atoms with E-state index in [1.807, 2.05) is 41.0 Å². The van der Waals surface area contributed by atoms with Gasteiger partial charge in [0, 0.05) is 4.47 Å². The number of nitrogens with zero attached hydrogens (tertiary/aromatic N) is 2. The second-order valence-electron chi connectivity index (χ2n) is 6.03. The number of rotatable bonds is 6. The first kappa shape index (κ1) is 17.0. The minimum atomic E-state index is -0.601. The summed E-state index contributed by atoms with van der Waals surface area (Å²) in [5, 5.41) is 10.6. The molecule has 0 unspecified atom stereocenters. The maximum Gasteiger partial charge on any atom is 0.356 e. The minimum Gasteiger partial charge on any atom is -0.385 e. The first-order valence-electron chi connectivity index (χ1n) is 8.32. The Bertz CT molecular complexity index is 826. The third-order valence-corrected chi connectivity index (χ3v) is 4.89. The van der Waals surface area contributed by atoms with Gasteiger partial charge in [-0.05, 0) is 36.2 Å². The number of hydrogen-bond acceptors (Lipinski definition) is 2. The van der Waals surface area contributed by atoms with E-state index >= 15 is 0 Å². The summed E-state index contributed by atoms with van der Waals surface area (Å²) in [6.45, 7) is 3.50. The minimum absolute atomic E-state index is 0.438. The van der Waals surface area contributed by atoms with E-state index in [0.29, 0.717) is 12.5 Å². The number of hydrogen-bond donors (Lipinski definition) is 2. The predicted octanol–water partition coefficient (Wildman–Crippen LogP) is 3.81. The van der Waals surface area contributed by atoms with Crippen molar-refractivity contribution in [3.63, 3.8) is 0 Å². The van der Waals surface area contributed by atoms with Gasteiger partial charge in [0.2, 0.25) is 0 Å². The molecule has 0 fully saturated rings. The number of nitrogens with two attached hydrogens (primary N) is 1. The fraction of sp³-hybridized carbons (Fsp3) is 0.316. The molecule has 5 heteroatoms. The molecule has 0 radical (unpaired) electrons. The van der Waals surface area contributed by atoms with Crippen LogP contribution in [0.15, 0.2) is 53.0 Å². The van der Waals surface area contributed by atoms with Gasteiger partial charge < -0.3 is 5.11 Å². The molecule has 4 nitrogen and oxygen atoms in total. The lowest BCUT2D eigenvalue weighted by Crippen LogP contribution is -2.39. The van der Waals surface area contributed by atoms with Crippen molar-refractivity contribution in [2.24, 2.45) is 0 Å². The number of benzene rings is 2. The number of unbranched alkanes of at least 4 members (excludes halogenated alkanes) is 1. The largest absolute Gasteiger partial charge is 0.385 e. The number of aromatic nitrogens is 2. The van der Waals surface area contributed by atoms with Crippen LogP contribution in [0.25, 0.3) is 11.0 Å². The lowest BCUT2D eigenvalue weighted by Gasteiger charge is -2.11. The zero-order valence-electron chi connectivity index (χ0n) is 13.8. The van der Waals surface area contributed by atoms with Gasteiger partial charge in [-0.1, -0.05) is 53.5 Å². The highest BCUT2D eigenvalue weighted by Gasteiger charge is 2.22. The molecule has 0 aliphatic rings. The van der Waals surface area contributed by atoms with Crippen molar-refractivity contribution in [1.82, 2.24) is 4.57 Å². The van der Waals surface area contributed by atoms with Crippen LogP contribution >= 0.6 is 15.9 Å². The lowest BCUT2D eigenvalue weighted by atomic mass is 10.1. The highest BCUT2D eigenvalue weighted by Crippen LogP contribution is 2.21. The summed E-state index contributed by atoms with van der Waals surface area (Å²) >= 11 is 3.42. The maximum atomic E-state index is 10.6. The van der Waals surface area contributed by atoms with Crippen molar-refractivity contribution in [3.8, 4) is 0 Å². The van der Waals surface area contributed by atoms with E-state index in [2.05, 4.69) is 39.6 Å². The van der Waals surface area contributed by atoms with Crippen LogP contribution in [0.2, 0.25) is 0 Å². The smallest absolute Gasteiger partial charge is 0.356 e. The Balaban J connectivity index is 1.96. The molecule has 1 heterocycles. The number of aryl methyl sites for hydroxylation is 1. The molecule has 3 rings (SSSR count). The van der Waals surface area contributed by atoms with Crippen LogP contribution in [-0.4, -0.2) is 9.67 Å². The highest BCUT2D eigenvalue weighted by molar-refractivity contribution is 9.10. The highest BCUT2D eigenvalue weighted by atomic mass is 79.9. The summed E-state index contributed by atoms with van der Waals surface area (Å²) in [5.74, 6) is 0.695. The summed E-state index contributed by atoms with van der Waals surface area (Å²) in [6.07, 6.45) is 1.60. The molecule has 1 atom stereocenters. The molecule has 0 bridgehead atoms. The van der Waals surface area contributed by atoms with Gasteiger partial charge in [-0.3, -0.25) is 5.73 Å². The SMILES string of the molecule is CCCCn1c(N)[n+](C[C@@H](O)c2ccc(Br)cc2)c2ccccc21. The summed E-state index contributed by atoms with van der Waals surface area (Å²) in [6, 6.07) is 15.9. The summed E-state index contributed by atoms with van der Waals surface area (Å²) < 4.78 is 5.16. The molecule has 0 aliphatic heterocycles. The van der Waals surface area contributed by atoms with Crippen LogP contribution in [0.1, 0.15) is 31.4 Å². The van der Waals surface area contributed by atoms with E-state index in [0.717, 1.165) is 40.5 Å². The normalized spacial score (nSPS) is 12.6. The number of para-hydroxylation sites is 2. The molecule has 2 aromatic carbocycles. The Morgan fingerprint density at radius 2 is 1.88 bits per heavy atom. The summed E-state index contributed by atoms with van der Waals surface area (Å²) in [4.78, 5) is 0. The standard InChI is InChI=1S/C19H22BrN3O/c1-2-3-12-22-16-6-4-5-7-17(16)23(19(22)21)13-18(24)14-8-10-15(20)11-9-14/h4-11,18,21,24H,2-3,12-13H2,1H3/p+1/t18-/m1/s1. The third-order valence-electron chi connectivity index (χ3n) is 4.36. The van der Waals surface area contributed by atoms with E-state index in [1.165, 1.54) is 0 Å². The number of halogens is 1. The zero-order chi connectivity index (χ0) is 17.1. The molecule has 1 aromatic heterocycles. The number of fused-ring (bicyclic) bond motifs is 1. The lowest BCUT2D eigenvalue weighted by molar-refractivity contribution is -0.666. The average Bonchev–Trinajstić information content (AvgIpc) is 2.85. The fourth-order valence-electron chi connectivity index (χ4n) is 3.02. The first-order chi connectivity index (χ1) is 11.6. The van der Waals surface area contributed by atoms with Crippen LogP contribution in [0, 0.1) is 0 Å². The monoisotopic (exact) mass is 388 g/mol. The van der Waals surface area contributed by atoms with E-state index in [9.17, 15) is 5.11 Å². The van der Waals surface area contributed by atoms with Gasteiger partial charge in [-0.2, -0.15) is 0 Å². The molecule has 0 saturated heterocycles. The first-order valence-corrected chi connectivity index (χ1v) is 9.11. The van der Waals surface area contributed by atoms with Crippen molar-refractivity contribution < 1.29 is 9.67 Å². The summed E-state index contributed by atoms with van der Waals surface area (Å²) in [7, 11) is 0. The number of imidazole rings is 1. The fourth-order valence-corrected chi connectivity index (χ4v) is 3.28. The van der Waals surface area contributed by atoms with Crippen LogP contribution in [0.5, 0.6) is 0 Å². The van der Waals surface area contributed by atoms with Gasteiger partial charge in [-0.25, -0.2) is 9.13 Å². The Morgan fingerprint density at radius 1 is 1.17 bits per heavy atom. The van der Waals surface area contributed by atoms with Crippen LogP contribution in [-0.2, 0) is 13.1 Å². The van der Waals surface area contributed by atoms with Gasteiger partial charge in [0.05, 0.1) is 6.54 Å². The van der Waals surface area contributed by atoms with Crippen molar-refractivity contribution in [3.05, 3.63) is 58.6 Å². The second-order valence-corrected chi connectivity index (χ2v) is 6.95. The third kappa shape index (κ3) is 3.32. The molecule has 126 valence electrons. The molecule has 0 saturated carbocycles. The molecular weight excluding hydrogens is 366 g/mol. The van der Waals surface area contributed by atoms with Crippen molar-refractivity contribution in [1.29, 1.82) is 0 Å². The van der Waals surface area contributed by atoms with Crippen molar-refractivity contribution >= 4 is 32.9 Å². The molecular formula is C19H23BrN3O+. The molecule has 24 heavy (non-hydrogen) atoms. The van der Waals surface area contributed by atoms with Gasteiger partial charge in [0.25, 0.3) is 0 Å². The number of aliphatic hydroxyl groups is 1. The summed E-state index contributed by atoms with van der Waals surface area (Å²) in [5.41, 5.74) is 9.47. The van der Waals surface area contributed by atoms with Crippen LogP contribution < -0.4 is 10.3 Å². The Kier molecular flexibility index (Phi) is 5.21. The van der Waals surface area contributed by atoms with E-state index in [-0.39, 0.29) is 0 Å². The quantitative estimate of drug-likeness (QED) is 0.630. The second kappa shape index (κ2) is 7.36. The Morgan fingerprint density at radius 3 is 2.58 bits per heavy atom. The number of aliphatic hydroxyl groups excluding tert-OH is 1. The maximum absolute atomic E-state index is 10.6. The van der Waals surface area contributed by atoms with E-state index < -0.39 is 6.10 Å². The van der Waals surface area contributed by atoms with Crippen LogP contribution in [0.4, 0.5) is 5.95 Å². The van der Waals surface area contributed by atoms with E-state index in [1.54, 1.807) is 0 Å². The molecule has 3 N–H and O–H groups in total.